The van der Waals surface area contributed by atoms with Gasteiger partial charge in [0, 0.05) is 0 Å². The van der Waals surface area contributed by atoms with E-state index in [9.17, 15) is 0 Å². The van der Waals surface area contributed by atoms with Crippen molar-refractivity contribution in [1.29, 1.82) is 0 Å². The molecular weight excluding hydrogens is 379 g/mol. The molecule has 2 nitrogen and oxygen atoms in total. The molecule has 5 heteroatoms. The van der Waals surface area contributed by atoms with E-state index >= 15 is 0 Å². The molecule has 0 amide bonds. The van der Waals surface area contributed by atoms with Crippen LogP contribution in [0.25, 0.3) is 0 Å². The van der Waals surface area contributed by atoms with Gasteiger partial charge in [-0.1, -0.05) is 0 Å². The summed E-state index contributed by atoms with van der Waals surface area (Å²) in [6.07, 6.45) is 0. The van der Waals surface area contributed by atoms with Crippen molar-refractivity contribution in [3.05, 3.63) is 30.3 Å². The van der Waals surface area contributed by atoms with Gasteiger partial charge in [-0.3, -0.25) is 0 Å². The van der Waals surface area contributed by atoms with Crippen LogP contribution in [0.1, 0.15) is 27.7 Å². The van der Waals surface area contributed by atoms with Gasteiger partial charge in [-0.2, -0.15) is 30.3 Å². The third-order valence-electron chi connectivity index (χ3n) is 3.27. The minimum absolute atomic E-state index is 0.260. The molecule has 88 valence electrons. The molecule has 0 unspecified atom stereocenters. The van der Waals surface area contributed by atoms with Crippen molar-refractivity contribution in [3.8, 4) is 0 Å². The van der Waals surface area contributed by atoms with E-state index in [-0.39, 0.29) is 18.3 Å². The first-order valence-electron chi connectivity index (χ1n) is 5.51. The van der Waals surface area contributed by atoms with Gasteiger partial charge >= 0.3 is 41.7 Å². The van der Waals surface area contributed by atoms with Gasteiger partial charge < -0.3 is 9.31 Å². The Morgan fingerprint density at radius 2 is 1.47 bits per heavy atom. The van der Waals surface area contributed by atoms with Gasteiger partial charge in [0.05, 0.1) is 11.2 Å². The Labute approximate surface area is 125 Å². The van der Waals surface area contributed by atoms with E-state index < -0.39 is 0 Å². The molecule has 0 aromatic heterocycles. The third kappa shape index (κ3) is 3.52. The molecule has 0 spiro atoms. The molecule has 0 radical (unpaired) electrons. The Morgan fingerprint density at radius 3 is 1.88 bits per heavy atom. The molecule has 1 aromatic rings. The molecule has 1 aromatic carbocycles. The zero-order chi connectivity index (χ0) is 13.1. The summed E-state index contributed by atoms with van der Waals surface area (Å²) < 4.78 is 11.8. The number of rotatable bonds is 1. The topological polar surface area (TPSA) is 18.5 Å². The van der Waals surface area contributed by atoms with E-state index in [1.165, 1.54) is 14.8 Å². The van der Waals surface area contributed by atoms with E-state index in [0.717, 1.165) is 5.46 Å². The molecule has 1 aliphatic rings. The van der Waals surface area contributed by atoms with Crippen LogP contribution >= 0.6 is 19.8 Å². The van der Waals surface area contributed by atoms with Crippen LogP contribution in [0.3, 0.4) is 0 Å². The van der Waals surface area contributed by atoms with Crippen molar-refractivity contribution < 1.29 is 24.1 Å². The number of halogens is 1. The standard InChI is InChI=1S/C12H16BO2.HI.Zn/c1-11(2)12(3,4)15-13(14-11)10-8-6-5-7-9-10;;/h6-9H,1-4H3;1H;/q-1;;+2/p-1. The molecule has 1 aliphatic heterocycles. The molecule has 0 saturated carbocycles. The predicted octanol–water partition coefficient (Wildman–Crippen LogP) is 2.67. The monoisotopic (exact) mass is 394 g/mol. The molecule has 0 N–H and O–H groups in total. The third-order valence-corrected chi connectivity index (χ3v) is 3.27. The van der Waals surface area contributed by atoms with E-state index in [4.69, 9.17) is 9.31 Å². The van der Waals surface area contributed by atoms with Crippen LogP contribution in [-0.4, -0.2) is 18.3 Å². The fourth-order valence-electron chi connectivity index (χ4n) is 1.54. The van der Waals surface area contributed by atoms with Crippen molar-refractivity contribution in [1.82, 2.24) is 0 Å². The number of hydrogen-bond acceptors (Lipinski definition) is 2. The van der Waals surface area contributed by atoms with Crippen LogP contribution in [0.4, 0.5) is 0 Å². The number of benzene rings is 1. The van der Waals surface area contributed by atoms with Gasteiger partial charge in [0.25, 0.3) is 0 Å². The number of hydrogen-bond donors (Lipinski definition) is 0. The van der Waals surface area contributed by atoms with Crippen LogP contribution < -0.4 is 5.46 Å². The van der Waals surface area contributed by atoms with Crippen LogP contribution in [0.15, 0.2) is 24.3 Å². The normalized spacial score (nSPS) is 20.8. The average molecular weight is 395 g/mol. The summed E-state index contributed by atoms with van der Waals surface area (Å²) in [5, 5.41) is 0. The summed E-state index contributed by atoms with van der Waals surface area (Å²) in [5.41, 5.74) is 0.515. The summed E-state index contributed by atoms with van der Waals surface area (Å²) >= 11 is 3.62. The van der Waals surface area contributed by atoms with E-state index in [2.05, 4.69) is 53.5 Å². The first-order chi connectivity index (χ1) is 7.92. The van der Waals surface area contributed by atoms with Crippen molar-refractivity contribution in [2.24, 2.45) is 0 Å². The summed E-state index contributed by atoms with van der Waals surface area (Å²) in [6, 6.07) is 10.7. The molecule has 1 heterocycles. The second kappa shape index (κ2) is 6.14. The van der Waals surface area contributed by atoms with Gasteiger partial charge in [-0.25, -0.2) is 0 Å². The molecule has 0 aliphatic carbocycles. The van der Waals surface area contributed by atoms with Crippen LogP contribution in [-0.2, 0) is 24.1 Å². The molecule has 1 fully saturated rings. The van der Waals surface area contributed by atoms with Gasteiger partial charge in [-0.15, -0.1) is 5.46 Å². The van der Waals surface area contributed by atoms with E-state index in [0.29, 0.717) is 0 Å². The quantitative estimate of drug-likeness (QED) is 0.414. The Kier molecular flexibility index (Phi) is 5.64. The van der Waals surface area contributed by atoms with Crippen LogP contribution in [0, 0.1) is 6.07 Å². The van der Waals surface area contributed by atoms with Crippen molar-refractivity contribution in [2.45, 2.75) is 38.9 Å². The Bertz CT molecular complexity index is 341. The van der Waals surface area contributed by atoms with Crippen LogP contribution in [0.2, 0.25) is 0 Å². The molecule has 2 rings (SSSR count). The zero-order valence-corrected chi connectivity index (χ0v) is 15.9. The first-order valence-corrected chi connectivity index (χ1v) is 14.6. The first kappa shape index (κ1) is 15.6. The zero-order valence-electron chi connectivity index (χ0n) is 10.8. The SMILES string of the molecule is CC1(C)OB(c2cc[c-]cc2)OC1(C)C.[Zn+][I]. The van der Waals surface area contributed by atoms with Gasteiger partial charge in [-0.05, 0) is 27.7 Å². The molecule has 0 atom stereocenters. The molecule has 17 heavy (non-hydrogen) atoms. The van der Waals surface area contributed by atoms with Crippen molar-refractivity contribution in [3.63, 3.8) is 0 Å². The van der Waals surface area contributed by atoms with Crippen molar-refractivity contribution >= 4 is 32.3 Å². The minimum atomic E-state index is -0.267. The Hall–Kier alpha value is 0.558. The Balaban J connectivity index is 0.000000686. The van der Waals surface area contributed by atoms with Gasteiger partial charge in [0.2, 0.25) is 0 Å². The maximum absolute atomic E-state index is 5.91. The molecule has 0 bridgehead atoms. The second-order valence-electron chi connectivity index (χ2n) is 4.92. The van der Waals surface area contributed by atoms with E-state index in [1.807, 2.05) is 24.3 Å². The second-order valence-corrected chi connectivity index (χ2v) is 4.92. The fraction of sp³-hybridized carbons (Fsp3) is 0.500. The molecule has 1 saturated heterocycles. The predicted molar refractivity (Wildman–Crippen MR) is 75.0 cm³/mol. The maximum atomic E-state index is 5.91. The summed E-state index contributed by atoms with van der Waals surface area (Å²) in [6.45, 7) is 8.23. The summed E-state index contributed by atoms with van der Waals surface area (Å²) in [5.74, 6) is 0. The van der Waals surface area contributed by atoms with Crippen molar-refractivity contribution in [2.75, 3.05) is 0 Å². The van der Waals surface area contributed by atoms with Crippen LogP contribution in [0.5, 0.6) is 0 Å². The van der Waals surface area contributed by atoms with E-state index in [1.54, 1.807) is 0 Å². The van der Waals surface area contributed by atoms with Gasteiger partial charge in [0.15, 0.2) is 0 Å². The summed E-state index contributed by atoms with van der Waals surface area (Å²) in [7, 11) is -0.260. The molecular formula is C12H16BIO2Zn. The summed E-state index contributed by atoms with van der Waals surface area (Å²) in [4.78, 5) is 0. The van der Waals surface area contributed by atoms with Gasteiger partial charge in [0.1, 0.15) is 0 Å². The average Bonchev–Trinajstić information content (AvgIpc) is 2.52. The Morgan fingerprint density at radius 1 is 1.06 bits per heavy atom. The fourth-order valence-corrected chi connectivity index (χ4v) is 1.54.